The van der Waals surface area contributed by atoms with E-state index in [1.54, 1.807) is 59.7 Å². The Hall–Kier alpha value is -9.26. The Labute approximate surface area is 684 Å². The van der Waals surface area contributed by atoms with Gasteiger partial charge >= 0.3 is 24.4 Å². The summed E-state index contributed by atoms with van der Waals surface area (Å²) < 4.78 is 128. The zero-order chi connectivity index (χ0) is 84.5. The van der Waals surface area contributed by atoms with Crippen molar-refractivity contribution in [3.8, 4) is 34.5 Å². The van der Waals surface area contributed by atoms with Crippen LogP contribution >= 0.6 is 0 Å². The number of nitrogens with zero attached hydrogens (tertiary/aromatic N) is 4. The van der Waals surface area contributed by atoms with Gasteiger partial charge in [-0.05, 0) is 176 Å². The van der Waals surface area contributed by atoms with E-state index in [2.05, 4.69) is 45.1 Å². The summed E-state index contributed by atoms with van der Waals surface area (Å²) in [5.74, 6) is 2.16. The number of aliphatic hydroxyl groups excluding tert-OH is 3. The van der Waals surface area contributed by atoms with E-state index < -0.39 is 98.4 Å². The second kappa shape index (κ2) is 43.4. The average Bonchev–Trinajstić information content (AvgIpc) is 1.80. The number of azo groups is 1. The van der Waals surface area contributed by atoms with Crippen molar-refractivity contribution >= 4 is 44.4 Å². The molecule has 117 heavy (non-hydrogen) atoms. The van der Waals surface area contributed by atoms with Gasteiger partial charge < -0.3 is 92.6 Å². The predicted molar refractivity (Wildman–Crippen MR) is 428 cm³/mol. The Morgan fingerprint density at radius 2 is 0.915 bits per heavy atom. The lowest BCUT2D eigenvalue weighted by atomic mass is 10.0. The SMILES string of the molecule is CC(C)(C)OC(=O)N=NC(=O)OC(C)(C)C.CC(C)CN(C[C@@H](O)[C@H](Cc1ccc(O)cc1)NC(=O)O[C@H]1CO[C@H]2OCC[C@H]21)S(=O)(=O)c1ccc2c(c1)OCO2.CC(C)CN(C[C@@H](O)[C@H](Cc1ccc(OCCCc2ccccc2)cc1)NC(=O)O[C@H]1CO[C@H]2OCC[C@H]21)S(=O)(=O)c1ccc2c(c1)OCO2.OCCCc1ccccc1. The van der Waals surface area contributed by atoms with Crippen LogP contribution in [0.25, 0.3) is 0 Å². The molecule has 6 aliphatic rings. The quantitative estimate of drug-likeness (QED) is 0.0139. The number of aliphatic hydroxyl groups is 3. The molecule has 10 atom stereocenters. The first kappa shape index (κ1) is 91.6. The largest absolute Gasteiger partial charge is 0.508 e. The Morgan fingerprint density at radius 3 is 1.32 bits per heavy atom. The molecule has 4 fully saturated rings. The van der Waals surface area contributed by atoms with E-state index in [4.69, 9.17) is 66.7 Å². The van der Waals surface area contributed by atoms with Crippen LogP contribution < -0.4 is 34.3 Å². The highest BCUT2D eigenvalue weighted by atomic mass is 32.2. The smallest absolute Gasteiger partial charge is 0.453 e. The van der Waals surface area contributed by atoms with E-state index in [1.807, 2.05) is 88.4 Å². The minimum Gasteiger partial charge on any atom is -0.508 e. The number of ether oxygens (including phenoxy) is 13. The first-order valence-corrected chi connectivity index (χ1v) is 42.2. The number of amides is 4. The Kier molecular flexibility index (Phi) is 34.0. The van der Waals surface area contributed by atoms with Crippen LogP contribution in [-0.2, 0) is 83.6 Å². The third kappa shape index (κ3) is 29.1. The molecular weight excluding hydrogens is 1560 g/mol. The molecule has 0 radical (unpaired) electrons. The molecule has 0 spiro atoms. The molecule has 0 aliphatic carbocycles. The molecule has 12 rings (SSSR count). The number of fused-ring (bicyclic) bond motifs is 4. The van der Waals surface area contributed by atoms with Crippen LogP contribution in [0, 0.1) is 23.7 Å². The molecule has 33 heteroatoms. The van der Waals surface area contributed by atoms with Crippen molar-refractivity contribution in [2.75, 3.05) is 79.4 Å². The van der Waals surface area contributed by atoms with Crippen LogP contribution in [0.1, 0.15) is 117 Å². The van der Waals surface area contributed by atoms with Gasteiger partial charge in [-0.1, -0.05) is 123 Å². The molecule has 6 aromatic carbocycles. The van der Waals surface area contributed by atoms with Crippen molar-refractivity contribution in [3.63, 3.8) is 0 Å². The first-order valence-electron chi connectivity index (χ1n) is 39.3. The van der Waals surface area contributed by atoms with Gasteiger partial charge in [0.05, 0.1) is 79.0 Å². The topological polar surface area (TPSA) is 393 Å². The van der Waals surface area contributed by atoms with E-state index in [1.165, 1.54) is 62.2 Å². The number of carbonyl (C=O) groups is 4. The molecule has 4 amide bonds. The molecule has 6 aromatic rings. The zero-order valence-corrected chi connectivity index (χ0v) is 69.5. The van der Waals surface area contributed by atoms with Gasteiger partial charge in [0.15, 0.2) is 35.6 Å². The van der Waals surface area contributed by atoms with E-state index >= 15 is 0 Å². The normalized spacial score (nSPS) is 19.5. The van der Waals surface area contributed by atoms with Crippen LogP contribution in [0.3, 0.4) is 0 Å². The third-order valence-corrected chi connectivity index (χ3v) is 22.5. The van der Waals surface area contributed by atoms with Crippen molar-refractivity contribution in [1.29, 1.82) is 0 Å². The molecule has 6 aliphatic heterocycles. The summed E-state index contributed by atoms with van der Waals surface area (Å²) in [7, 11) is -8.12. The summed E-state index contributed by atoms with van der Waals surface area (Å²) in [6.07, 6.45) is -2.22. The molecule has 640 valence electrons. The molecule has 6 heterocycles. The van der Waals surface area contributed by atoms with E-state index in [0.29, 0.717) is 55.0 Å². The number of carbonyl (C=O) groups excluding carboxylic acids is 4. The summed E-state index contributed by atoms with van der Waals surface area (Å²) >= 11 is 0. The van der Waals surface area contributed by atoms with Gasteiger partial charge in [-0.15, -0.1) is 0 Å². The van der Waals surface area contributed by atoms with Crippen molar-refractivity contribution in [2.45, 2.75) is 191 Å². The fourth-order valence-corrected chi connectivity index (χ4v) is 16.5. The van der Waals surface area contributed by atoms with Crippen LogP contribution in [0.15, 0.2) is 166 Å². The molecule has 6 N–H and O–H groups in total. The van der Waals surface area contributed by atoms with E-state index in [-0.39, 0.29) is 118 Å². The third-order valence-electron chi connectivity index (χ3n) is 18.9. The highest BCUT2D eigenvalue weighted by Gasteiger charge is 2.46. The standard InChI is InChI=1S/C37H46N2O10S.C28H36N2O10S.C10H18N2O4.C9H12O/c1-25(2)21-39(50(42,43)29-14-15-33-34(20-29)48-24-47-33)22-32(40)31(38-37(41)49-35-23-46-36-30(35)16-18-45-36)19-27-10-12-28(13-11-27)44-17-6-9-26-7-4-3-5-8-26;1-17(2)13-30(41(34,35)20-7-8-24-25(12-20)39-16-38-24)14-23(32)22(11-18-3-5-19(31)6-4-18)29-28(33)40-26-15-37-27-21(26)9-10-36-27;1-9(2,3)15-7(13)11-12-8(14)16-10(4,5)6;10-8-4-7-9-5-2-1-3-6-9/h3-5,7-8,10-15,20,25,30-32,35-36,40H,6,9,16-19,21-24H2,1-2H3,(H,38,41);3-8,12,17,21-23,26-27,31-32H,9-11,13-16H2,1-2H3,(H,29,33);1-6H3;1-3,5-6,10H,4,7-8H2/t30-,31-,32+,35-,36+;21-,22-,23+,26-,27+;;/m00../s1. The molecule has 31 nitrogen and oxygen atoms in total. The lowest BCUT2D eigenvalue weighted by Crippen LogP contribution is -2.51. The second-order valence-electron chi connectivity index (χ2n) is 31.7. The number of phenolic OH excluding ortho intramolecular Hbond substituents is 1. The summed E-state index contributed by atoms with van der Waals surface area (Å²) in [5, 5.41) is 53.1. The number of aryl methyl sites for hydroxylation is 2. The van der Waals surface area contributed by atoms with E-state index in [9.17, 15) is 51.3 Å². The molecular formula is C84H112N6O25S2. The van der Waals surface area contributed by atoms with Crippen molar-refractivity contribution < 1.29 is 118 Å². The van der Waals surface area contributed by atoms with E-state index in [0.717, 1.165) is 43.2 Å². The highest BCUT2D eigenvalue weighted by Crippen LogP contribution is 2.38. The number of aromatic hydroxyl groups is 1. The monoisotopic (exact) mass is 1670 g/mol. The van der Waals surface area contributed by atoms with Gasteiger partial charge in [0.25, 0.3) is 0 Å². The number of rotatable bonds is 30. The Bertz CT molecular complexity index is 4370. The van der Waals surface area contributed by atoms with Gasteiger partial charge in [0.2, 0.25) is 33.6 Å². The second-order valence-corrected chi connectivity index (χ2v) is 35.5. The van der Waals surface area contributed by atoms with Gasteiger partial charge in [0.1, 0.15) is 34.9 Å². The minimum atomic E-state index is -4.06. The maximum Gasteiger partial charge on any atom is 0.453 e. The molecule has 0 unspecified atom stereocenters. The number of nitrogens with one attached hydrogen (secondary N) is 2. The maximum atomic E-state index is 13.9. The summed E-state index contributed by atoms with van der Waals surface area (Å²) in [6, 6.07) is 41.3. The van der Waals surface area contributed by atoms with Gasteiger partial charge in [-0.2, -0.15) is 8.61 Å². The number of hydrogen-bond donors (Lipinski definition) is 6. The molecule has 0 saturated carbocycles. The lowest BCUT2D eigenvalue weighted by molar-refractivity contribution is -0.0909. The van der Waals surface area contributed by atoms with Crippen molar-refractivity contribution in [3.05, 3.63) is 168 Å². The number of sulfonamides is 2. The van der Waals surface area contributed by atoms with Crippen LogP contribution in [0.5, 0.6) is 34.5 Å². The van der Waals surface area contributed by atoms with Gasteiger partial charge in [-0.3, -0.25) is 0 Å². The zero-order valence-electron chi connectivity index (χ0n) is 67.9. The van der Waals surface area contributed by atoms with Crippen LogP contribution in [-0.4, -0.2) is 210 Å². The maximum absolute atomic E-state index is 13.9. The minimum absolute atomic E-state index is 0.00613. The number of benzene rings is 6. The number of alkyl carbamates (subject to hydrolysis) is 2. The van der Waals surface area contributed by atoms with Crippen LogP contribution in [0.2, 0.25) is 0 Å². The fraction of sp³-hybridized carbons (Fsp3) is 0.524. The fourth-order valence-electron chi connectivity index (χ4n) is 13.3. The van der Waals surface area contributed by atoms with Crippen LogP contribution in [0.4, 0.5) is 19.2 Å². The molecule has 0 bridgehead atoms. The van der Waals surface area contributed by atoms with Gasteiger partial charge in [-0.25, -0.2) is 36.0 Å². The number of phenols is 1. The molecule has 0 aromatic heterocycles. The summed E-state index contributed by atoms with van der Waals surface area (Å²) in [5.41, 5.74) is 2.77. The lowest BCUT2D eigenvalue weighted by Gasteiger charge is -2.31. The number of hydrogen-bond acceptors (Lipinski definition) is 25. The van der Waals surface area contributed by atoms with Crippen molar-refractivity contribution in [2.24, 2.45) is 33.9 Å². The Balaban J connectivity index is 0.000000207. The molecule has 4 saturated heterocycles. The predicted octanol–water partition coefficient (Wildman–Crippen LogP) is 11.7. The van der Waals surface area contributed by atoms with Gasteiger partial charge in [0, 0.05) is 44.9 Å². The Morgan fingerprint density at radius 1 is 0.513 bits per heavy atom. The first-order chi connectivity index (χ1) is 55.7. The summed E-state index contributed by atoms with van der Waals surface area (Å²) in [4.78, 5) is 48.4. The average molecular weight is 1670 g/mol. The highest BCUT2D eigenvalue weighted by molar-refractivity contribution is 7.89. The summed E-state index contributed by atoms with van der Waals surface area (Å²) in [6.45, 7) is 19.8. The van der Waals surface area contributed by atoms with Crippen molar-refractivity contribution in [1.82, 2.24) is 19.2 Å².